The van der Waals surface area contributed by atoms with Crippen molar-refractivity contribution >= 4 is 22.5 Å². The SMILES string of the molecule is Nc1cccc2cc(C(=O)NCCOCC(F)(F)F)[nH]c12. The number of aromatic amines is 1. The standard InChI is InChI=1S/C13H14F3N3O2/c14-13(15,16)7-21-5-4-18-12(20)10-6-8-2-1-3-9(17)11(8)19-10/h1-3,6,19H,4-5,7,17H2,(H,18,20). The minimum atomic E-state index is -4.36. The first-order valence-electron chi connectivity index (χ1n) is 6.17. The molecular weight excluding hydrogens is 287 g/mol. The summed E-state index contributed by atoms with van der Waals surface area (Å²) < 4.78 is 39.9. The second-order valence-electron chi connectivity index (χ2n) is 4.42. The van der Waals surface area contributed by atoms with Crippen molar-refractivity contribution in [2.24, 2.45) is 0 Å². The van der Waals surface area contributed by atoms with Crippen LogP contribution in [0.15, 0.2) is 24.3 Å². The molecule has 5 nitrogen and oxygen atoms in total. The third kappa shape index (κ3) is 4.12. The number of nitrogens with one attached hydrogen (secondary N) is 2. The summed E-state index contributed by atoms with van der Waals surface area (Å²) in [6.07, 6.45) is -4.36. The Balaban J connectivity index is 1.86. The van der Waals surface area contributed by atoms with Crippen molar-refractivity contribution in [3.05, 3.63) is 30.0 Å². The molecule has 1 aromatic carbocycles. The fraction of sp³-hybridized carbons (Fsp3) is 0.308. The van der Waals surface area contributed by atoms with E-state index in [1.165, 1.54) is 0 Å². The summed E-state index contributed by atoms with van der Waals surface area (Å²) in [5.41, 5.74) is 7.21. The molecule has 0 saturated heterocycles. The number of benzene rings is 1. The number of aromatic nitrogens is 1. The summed E-state index contributed by atoms with van der Waals surface area (Å²) in [4.78, 5) is 14.7. The van der Waals surface area contributed by atoms with E-state index in [0.29, 0.717) is 16.9 Å². The third-order valence-corrected chi connectivity index (χ3v) is 2.73. The number of amides is 1. The zero-order valence-corrected chi connectivity index (χ0v) is 11.0. The van der Waals surface area contributed by atoms with Gasteiger partial charge in [-0.05, 0) is 12.1 Å². The highest BCUT2D eigenvalue weighted by atomic mass is 19.4. The Labute approximate surface area is 118 Å². The highest BCUT2D eigenvalue weighted by Crippen LogP contribution is 2.20. The number of carbonyl (C=O) groups excluding carboxylic acids is 1. The zero-order chi connectivity index (χ0) is 15.5. The van der Waals surface area contributed by atoms with Crippen molar-refractivity contribution in [3.63, 3.8) is 0 Å². The maximum Gasteiger partial charge on any atom is 0.411 e. The van der Waals surface area contributed by atoms with Crippen molar-refractivity contribution in [2.45, 2.75) is 6.18 Å². The highest BCUT2D eigenvalue weighted by Gasteiger charge is 2.27. The van der Waals surface area contributed by atoms with Gasteiger partial charge >= 0.3 is 6.18 Å². The number of hydrogen-bond acceptors (Lipinski definition) is 3. The zero-order valence-electron chi connectivity index (χ0n) is 11.0. The number of carbonyl (C=O) groups is 1. The maximum absolute atomic E-state index is 11.8. The van der Waals surface area contributed by atoms with Crippen molar-refractivity contribution in [2.75, 3.05) is 25.5 Å². The Morgan fingerprint density at radius 1 is 1.38 bits per heavy atom. The molecule has 0 atom stereocenters. The van der Waals surface area contributed by atoms with Gasteiger partial charge in [-0.3, -0.25) is 4.79 Å². The molecule has 2 aromatic rings. The monoisotopic (exact) mass is 301 g/mol. The van der Waals surface area contributed by atoms with Crippen LogP contribution >= 0.6 is 0 Å². The van der Waals surface area contributed by atoms with Crippen LogP contribution in [0.25, 0.3) is 10.9 Å². The first-order valence-corrected chi connectivity index (χ1v) is 6.17. The number of nitrogen functional groups attached to an aromatic ring is 1. The summed E-state index contributed by atoms with van der Waals surface area (Å²) in [5.74, 6) is -0.429. The second-order valence-corrected chi connectivity index (χ2v) is 4.42. The molecule has 1 amide bonds. The van der Waals surface area contributed by atoms with Gasteiger partial charge in [-0.25, -0.2) is 0 Å². The summed E-state index contributed by atoms with van der Waals surface area (Å²) in [5, 5.41) is 3.25. The topological polar surface area (TPSA) is 80.1 Å². The van der Waals surface area contributed by atoms with E-state index in [-0.39, 0.29) is 13.2 Å². The molecule has 0 saturated carbocycles. The van der Waals surface area contributed by atoms with Crippen molar-refractivity contribution < 1.29 is 22.7 Å². The van der Waals surface area contributed by atoms with Crippen LogP contribution in [0.3, 0.4) is 0 Å². The summed E-state index contributed by atoms with van der Waals surface area (Å²) in [6.45, 7) is -1.56. The lowest BCUT2D eigenvalue weighted by Gasteiger charge is -2.08. The summed E-state index contributed by atoms with van der Waals surface area (Å²) in [6, 6.07) is 6.88. The highest BCUT2D eigenvalue weighted by molar-refractivity contribution is 6.00. The average Bonchev–Trinajstić information content (AvgIpc) is 2.82. The molecule has 0 spiro atoms. The van der Waals surface area contributed by atoms with Crippen molar-refractivity contribution in [3.8, 4) is 0 Å². The summed E-state index contributed by atoms with van der Waals surface area (Å²) >= 11 is 0. The van der Waals surface area contributed by atoms with Gasteiger partial charge in [0.15, 0.2) is 0 Å². The molecule has 1 aromatic heterocycles. The number of anilines is 1. The predicted octanol–water partition coefficient (Wildman–Crippen LogP) is 2.06. The van der Waals surface area contributed by atoms with Crippen LogP contribution in [-0.2, 0) is 4.74 Å². The Bertz CT molecular complexity index is 637. The number of fused-ring (bicyclic) bond motifs is 1. The molecular formula is C13H14F3N3O2. The molecule has 0 aliphatic rings. The number of alkyl halides is 3. The third-order valence-electron chi connectivity index (χ3n) is 2.73. The van der Waals surface area contributed by atoms with Gasteiger partial charge < -0.3 is 20.8 Å². The van der Waals surface area contributed by atoms with E-state index in [1.807, 2.05) is 0 Å². The second kappa shape index (κ2) is 6.04. The lowest BCUT2D eigenvalue weighted by Crippen LogP contribution is -2.29. The van der Waals surface area contributed by atoms with E-state index in [4.69, 9.17) is 5.73 Å². The lowest BCUT2D eigenvalue weighted by molar-refractivity contribution is -0.173. The van der Waals surface area contributed by atoms with E-state index >= 15 is 0 Å². The Morgan fingerprint density at radius 3 is 2.81 bits per heavy atom. The first-order chi connectivity index (χ1) is 9.87. The number of para-hydroxylation sites is 1. The molecule has 4 N–H and O–H groups in total. The van der Waals surface area contributed by atoms with E-state index in [9.17, 15) is 18.0 Å². The van der Waals surface area contributed by atoms with Crippen LogP contribution in [0.5, 0.6) is 0 Å². The molecule has 2 rings (SSSR count). The van der Waals surface area contributed by atoms with Gasteiger partial charge in [0.2, 0.25) is 0 Å². The van der Waals surface area contributed by atoms with E-state index in [0.717, 1.165) is 5.39 Å². The van der Waals surface area contributed by atoms with Crippen LogP contribution in [0, 0.1) is 0 Å². The fourth-order valence-electron chi connectivity index (χ4n) is 1.82. The number of rotatable bonds is 5. The molecule has 0 aliphatic carbocycles. The van der Waals surface area contributed by atoms with Crippen LogP contribution in [0.1, 0.15) is 10.5 Å². The molecule has 8 heteroatoms. The minimum absolute atomic E-state index is 0.0141. The van der Waals surface area contributed by atoms with E-state index in [2.05, 4.69) is 15.0 Å². The molecule has 0 aliphatic heterocycles. The number of H-pyrrole nitrogens is 1. The van der Waals surface area contributed by atoms with Crippen molar-refractivity contribution in [1.29, 1.82) is 0 Å². The average molecular weight is 301 g/mol. The number of hydrogen-bond donors (Lipinski definition) is 3. The number of ether oxygens (including phenoxy) is 1. The molecule has 114 valence electrons. The van der Waals surface area contributed by atoms with Gasteiger partial charge in [0.1, 0.15) is 12.3 Å². The largest absolute Gasteiger partial charge is 0.411 e. The Kier molecular flexibility index (Phi) is 4.37. The molecule has 21 heavy (non-hydrogen) atoms. The minimum Gasteiger partial charge on any atom is -0.397 e. The van der Waals surface area contributed by atoms with Gasteiger partial charge in [0, 0.05) is 11.9 Å². The summed E-state index contributed by atoms with van der Waals surface area (Å²) in [7, 11) is 0. The van der Waals surface area contributed by atoms with Crippen molar-refractivity contribution in [1.82, 2.24) is 10.3 Å². The van der Waals surface area contributed by atoms with Crippen LogP contribution in [0.2, 0.25) is 0 Å². The Morgan fingerprint density at radius 2 is 2.14 bits per heavy atom. The maximum atomic E-state index is 11.8. The number of nitrogens with two attached hydrogens (primary N) is 1. The predicted molar refractivity (Wildman–Crippen MR) is 71.9 cm³/mol. The first kappa shape index (κ1) is 15.2. The molecule has 0 bridgehead atoms. The Hall–Kier alpha value is -2.22. The normalized spacial score (nSPS) is 11.8. The molecule has 0 radical (unpaired) electrons. The van der Waals surface area contributed by atoms with Crippen LogP contribution in [0.4, 0.5) is 18.9 Å². The van der Waals surface area contributed by atoms with Gasteiger partial charge in [-0.1, -0.05) is 12.1 Å². The fourth-order valence-corrected chi connectivity index (χ4v) is 1.82. The quantitative estimate of drug-likeness (QED) is 0.584. The molecule has 0 unspecified atom stereocenters. The van der Waals surface area contributed by atoms with Crippen LogP contribution in [-0.4, -0.2) is 36.8 Å². The van der Waals surface area contributed by atoms with Crippen LogP contribution < -0.4 is 11.1 Å². The lowest BCUT2D eigenvalue weighted by atomic mass is 10.2. The van der Waals surface area contributed by atoms with Gasteiger partial charge in [0.05, 0.1) is 17.8 Å². The number of halogens is 3. The molecule has 0 fully saturated rings. The smallest absolute Gasteiger partial charge is 0.397 e. The van der Waals surface area contributed by atoms with Gasteiger partial charge in [-0.2, -0.15) is 13.2 Å². The van der Waals surface area contributed by atoms with Gasteiger partial charge in [-0.15, -0.1) is 0 Å². The van der Waals surface area contributed by atoms with E-state index in [1.54, 1.807) is 24.3 Å². The van der Waals surface area contributed by atoms with E-state index < -0.39 is 18.7 Å². The van der Waals surface area contributed by atoms with Gasteiger partial charge in [0.25, 0.3) is 5.91 Å². The molecule has 1 heterocycles.